The first-order chi connectivity index (χ1) is 8.83. The van der Waals surface area contributed by atoms with Gasteiger partial charge in [-0.15, -0.1) is 0 Å². The van der Waals surface area contributed by atoms with Gasteiger partial charge in [0.25, 0.3) is 0 Å². The number of ether oxygens (including phenoxy) is 1. The van der Waals surface area contributed by atoms with Crippen molar-refractivity contribution in [3.8, 4) is 5.88 Å². The standard InChI is InChI=1S/C15H24N2O/c1-3-12-6-4-8-14(10-12)17-11-13-7-5-9-16-15(13)18-2/h5,7,9,12,14,17H,3-4,6,8,10-11H2,1-2H3. The molecule has 1 saturated carbocycles. The summed E-state index contributed by atoms with van der Waals surface area (Å²) < 4.78 is 5.28. The molecule has 100 valence electrons. The highest BCUT2D eigenvalue weighted by Gasteiger charge is 2.20. The van der Waals surface area contributed by atoms with E-state index in [1.165, 1.54) is 32.1 Å². The molecule has 0 aromatic carbocycles. The van der Waals surface area contributed by atoms with Gasteiger partial charge in [0, 0.05) is 24.3 Å². The van der Waals surface area contributed by atoms with Gasteiger partial charge >= 0.3 is 0 Å². The molecular formula is C15H24N2O. The Kier molecular flexibility index (Phi) is 5.00. The molecule has 0 saturated heterocycles. The van der Waals surface area contributed by atoms with Crippen LogP contribution in [0.2, 0.25) is 0 Å². The molecule has 2 unspecified atom stereocenters. The lowest BCUT2D eigenvalue weighted by atomic mass is 9.84. The number of methoxy groups -OCH3 is 1. The molecule has 0 spiro atoms. The van der Waals surface area contributed by atoms with Crippen LogP contribution in [0, 0.1) is 5.92 Å². The summed E-state index contributed by atoms with van der Waals surface area (Å²) in [6.07, 6.45) is 8.48. The molecule has 1 aromatic rings. The van der Waals surface area contributed by atoms with Gasteiger partial charge in [-0.25, -0.2) is 4.98 Å². The smallest absolute Gasteiger partial charge is 0.217 e. The van der Waals surface area contributed by atoms with E-state index in [0.717, 1.165) is 23.9 Å². The van der Waals surface area contributed by atoms with Gasteiger partial charge in [-0.1, -0.05) is 32.3 Å². The van der Waals surface area contributed by atoms with Crippen LogP contribution >= 0.6 is 0 Å². The van der Waals surface area contributed by atoms with E-state index < -0.39 is 0 Å². The first kappa shape index (κ1) is 13.3. The second-order valence-electron chi connectivity index (χ2n) is 5.19. The van der Waals surface area contributed by atoms with E-state index in [9.17, 15) is 0 Å². The molecule has 0 aliphatic heterocycles. The number of aromatic nitrogens is 1. The fourth-order valence-electron chi connectivity index (χ4n) is 2.84. The van der Waals surface area contributed by atoms with Gasteiger partial charge in [0.05, 0.1) is 7.11 Å². The fraction of sp³-hybridized carbons (Fsp3) is 0.667. The second-order valence-corrected chi connectivity index (χ2v) is 5.19. The van der Waals surface area contributed by atoms with Crippen molar-refractivity contribution in [2.24, 2.45) is 5.92 Å². The molecule has 1 aliphatic carbocycles. The number of pyridine rings is 1. The SMILES string of the molecule is CCC1CCCC(NCc2cccnc2OC)C1. The van der Waals surface area contributed by atoms with Gasteiger partial charge < -0.3 is 10.1 Å². The Balaban J connectivity index is 1.87. The normalized spacial score (nSPS) is 23.9. The van der Waals surface area contributed by atoms with Gasteiger partial charge in [0.2, 0.25) is 5.88 Å². The molecule has 1 heterocycles. The van der Waals surface area contributed by atoms with Crippen LogP contribution in [0.4, 0.5) is 0 Å². The van der Waals surface area contributed by atoms with Crippen molar-refractivity contribution in [2.75, 3.05) is 7.11 Å². The molecule has 18 heavy (non-hydrogen) atoms. The second kappa shape index (κ2) is 6.74. The number of hydrogen-bond donors (Lipinski definition) is 1. The first-order valence-electron chi connectivity index (χ1n) is 7.04. The summed E-state index contributed by atoms with van der Waals surface area (Å²) in [6, 6.07) is 4.71. The van der Waals surface area contributed by atoms with E-state index >= 15 is 0 Å². The highest BCUT2D eigenvalue weighted by Crippen LogP contribution is 2.27. The Morgan fingerprint density at radius 1 is 1.44 bits per heavy atom. The van der Waals surface area contributed by atoms with Crippen LogP contribution in [0.15, 0.2) is 18.3 Å². The van der Waals surface area contributed by atoms with E-state index in [2.05, 4.69) is 23.3 Å². The number of nitrogens with one attached hydrogen (secondary N) is 1. The lowest BCUT2D eigenvalue weighted by Crippen LogP contribution is -2.33. The molecule has 1 fully saturated rings. The van der Waals surface area contributed by atoms with Crippen molar-refractivity contribution in [1.82, 2.24) is 10.3 Å². The van der Waals surface area contributed by atoms with Crippen LogP contribution in [0.5, 0.6) is 5.88 Å². The van der Waals surface area contributed by atoms with Crippen LogP contribution < -0.4 is 10.1 Å². The van der Waals surface area contributed by atoms with E-state index in [0.29, 0.717) is 6.04 Å². The van der Waals surface area contributed by atoms with Gasteiger partial charge in [-0.05, 0) is 24.8 Å². The highest BCUT2D eigenvalue weighted by molar-refractivity contribution is 5.25. The predicted octanol–water partition coefficient (Wildman–Crippen LogP) is 3.15. The molecule has 1 aliphatic rings. The molecule has 3 nitrogen and oxygen atoms in total. The van der Waals surface area contributed by atoms with Gasteiger partial charge in [0.15, 0.2) is 0 Å². The van der Waals surface area contributed by atoms with Crippen LogP contribution in [0.1, 0.15) is 44.6 Å². The lowest BCUT2D eigenvalue weighted by molar-refractivity contribution is 0.277. The maximum absolute atomic E-state index is 5.28. The van der Waals surface area contributed by atoms with Crippen LogP contribution in [0.25, 0.3) is 0 Å². The summed E-state index contributed by atoms with van der Waals surface area (Å²) in [6.45, 7) is 3.16. The van der Waals surface area contributed by atoms with E-state index in [-0.39, 0.29) is 0 Å². The Morgan fingerprint density at radius 2 is 2.33 bits per heavy atom. The van der Waals surface area contributed by atoms with Crippen molar-refractivity contribution in [1.29, 1.82) is 0 Å². The van der Waals surface area contributed by atoms with E-state index in [1.807, 2.05) is 6.07 Å². The predicted molar refractivity (Wildman–Crippen MR) is 73.7 cm³/mol. The van der Waals surface area contributed by atoms with Crippen molar-refractivity contribution in [2.45, 2.75) is 51.6 Å². The van der Waals surface area contributed by atoms with Gasteiger partial charge in [0.1, 0.15) is 0 Å². The Morgan fingerprint density at radius 3 is 3.11 bits per heavy atom. The summed E-state index contributed by atoms with van der Waals surface area (Å²) in [5.74, 6) is 1.65. The summed E-state index contributed by atoms with van der Waals surface area (Å²) in [4.78, 5) is 4.23. The van der Waals surface area contributed by atoms with Gasteiger partial charge in [-0.3, -0.25) is 0 Å². The number of rotatable bonds is 5. The summed E-state index contributed by atoms with van der Waals surface area (Å²) in [5, 5.41) is 3.66. The number of nitrogens with zero attached hydrogens (tertiary/aromatic N) is 1. The molecule has 3 heteroatoms. The minimum absolute atomic E-state index is 0.661. The van der Waals surface area contributed by atoms with Crippen LogP contribution in [0.3, 0.4) is 0 Å². The maximum Gasteiger partial charge on any atom is 0.217 e. The molecular weight excluding hydrogens is 224 g/mol. The lowest BCUT2D eigenvalue weighted by Gasteiger charge is -2.29. The first-order valence-corrected chi connectivity index (χ1v) is 7.04. The minimum Gasteiger partial charge on any atom is -0.481 e. The largest absolute Gasteiger partial charge is 0.481 e. The number of hydrogen-bond acceptors (Lipinski definition) is 3. The third-order valence-electron chi connectivity index (χ3n) is 3.98. The molecule has 0 amide bonds. The van der Waals surface area contributed by atoms with Crippen molar-refractivity contribution < 1.29 is 4.74 Å². The van der Waals surface area contributed by atoms with Crippen molar-refractivity contribution in [3.05, 3.63) is 23.9 Å². The maximum atomic E-state index is 5.28. The Hall–Kier alpha value is -1.09. The fourth-order valence-corrected chi connectivity index (χ4v) is 2.84. The van der Waals surface area contributed by atoms with Crippen molar-refractivity contribution >= 4 is 0 Å². The van der Waals surface area contributed by atoms with Crippen LogP contribution in [-0.2, 0) is 6.54 Å². The zero-order chi connectivity index (χ0) is 12.8. The van der Waals surface area contributed by atoms with Crippen LogP contribution in [-0.4, -0.2) is 18.1 Å². The zero-order valence-electron chi connectivity index (χ0n) is 11.5. The topological polar surface area (TPSA) is 34.2 Å². The Bertz CT molecular complexity index is 367. The molecule has 0 bridgehead atoms. The average molecular weight is 248 g/mol. The average Bonchev–Trinajstić information content (AvgIpc) is 2.45. The summed E-state index contributed by atoms with van der Waals surface area (Å²) >= 11 is 0. The highest BCUT2D eigenvalue weighted by atomic mass is 16.5. The van der Waals surface area contributed by atoms with E-state index in [4.69, 9.17) is 4.74 Å². The minimum atomic E-state index is 0.661. The van der Waals surface area contributed by atoms with Gasteiger partial charge in [-0.2, -0.15) is 0 Å². The Labute approximate surface area is 110 Å². The quantitative estimate of drug-likeness (QED) is 0.869. The molecule has 1 aromatic heterocycles. The van der Waals surface area contributed by atoms with Crippen molar-refractivity contribution in [3.63, 3.8) is 0 Å². The summed E-state index contributed by atoms with van der Waals surface area (Å²) in [5.41, 5.74) is 1.15. The third-order valence-corrected chi connectivity index (χ3v) is 3.98. The summed E-state index contributed by atoms with van der Waals surface area (Å²) in [7, 11) is 1.68. The third kappa shape index (κ3) is 3.45. The van der Waals surface area contributed by atoms with E-state index in [1.54, 1.807) is 13.3 Å². The molecule has 1 N–H and O–H groups in total. The molecule has 2 rings (SSSR count). The monoisotopic (exact) mass is 248 g/mol. The molecule has 0 radical (unpaired) electrons. The zero-order valence-corrected chi connectivity index (χ0v) is 11.5. The molecule has 2 atom stereocenters.